The highest BCUT2D eigenvalue weighted by molar-refractivity contribution is 5.23. The van der Waals surface area contributed by atoms with Gasteiger partial charge in [-0.1, -0.05) is 24.3 Å². The molecule has 10 nitrogen and oxygen atoms in total. The molecular formula is C22H36O10. The molecule has 2 unspecified atom stereocenters. The standard InChI is InChI=1S/C22H36O10/c1-24-12-28-11-19-21(30-14-26-3)22(31-15-27-4)20(29-13-25-2)18(32-19)9-16-5-7-17(10-23)8-6-16/h5-8,18-23H,9-15H2,1-4H3/t18-,19?,20?,21+,22-/m0/s1. The van der Waals surface area contributed by atoms with Gasteiger partial charge in [0.05, 0.1) is 19.3 Å². The third-order valence-electron chi connectivity index (χ3n) is 4.99. The Kier molecular flexibility index (Phi) is 13.2. The minimum absolute atomic E-state index is 0.00978. The largest absolute Gasteiger partial charge is 0.392 e. The molecule has 2 rings (SSSR count). The Morgan fingerprint density at radius 3 is 1.72 bits per heavy atom. The van der Waals surface area contributed by atoms with Gasteiger partial charge in [-0.15, -0.1) is 0 Å². The summed E-state index contributed by atoms with van der Waals surface area (Å²) in [6.45, 7) is 0.496. The molecule has 32 heavy (non-hydrogen) atoms. The first-order chi connectivity index (χ1) is 15.7. The summed E-state index contributed by atoms with van der Waals surface area (Å²) in [6.07, 6.45) is -1.89. The zero-order chi connectivity index (χ0) is 23.2. The van der Waals surface area contributed by atoms with E-state index in [2.05, 4.69) is 0 Å². The maximum absolute atomic E-state index is 9.31. The third-order valence-corrected chi connectivity index (χ3v) is 4.99. The Morgan fingerprint density at radius 2 is 1.19 bits per heavy atom. The van der Waals surface area contributed by atoms with Crippen LogP contribution < -0.4 is 0 Å². The van der Waals surface area contributed by atoms with Crippen molar-refractivity contribution in [2.24, 2.45) is 0 Å². The van der Waals surface area contributed by atoms with Crippen molar-refractivity contribution < 1.29 is 47.7 Å². The summed E-state index contributed by atoms with van der Waals surface area (Å²) in [6, 6.07) is 7.67. The molecule has 5 atom stereocenters. The van der Waals surface area contributed by atoms with E-state index in [0.29, 0.717) is 6.42 Å². The molecule has 1 aromatic rings. The molecule has 1 heterocycles. The van der Waals surface area contributed by atoms with Crippen LogP contribution in [-0.2, 0) is 55.7 Å². The van der Waals surface area contributed by atoms with E-state index in [0.717, 1.165) is 11.1 Å². The van der Waals surface area contributed by atoms with Crippen LogP contribution >= 0.6 is 0 Å². The summed E-state index contributed by atoms with van der Waals surface area (Å²) >= 11 is 0. The molecule has 0 aliphatic carbocycles. The molecule has 1 saturated heterocycles. The predicted octanol–water partition coefficient (Wildman–Crippen LogP) is 1.08. The van der Waals surface area contributed by atoms with E-state index in [1.165, 1.54) is 0 Å². The third kappa shape index (κ3) is 8.31. The molecule has 1 aliphatic heterocycles. The minimum atomic E-state index is -0.545. The Balaban J connectivity index is 2.29. The van der Waals surface area contributed by atoms with E-state index in [1.54, 1.807) is 28.4 Å². The van der Waals surface area contributed by atoms with Crippen LogP contribution in [0, 0.1) is 0 Å². The van der Waals surface area contributed by atoms with Gasteiger partial charge in [-0.2, -0.15) is 0 Å². The van der Waals surface area contributed by atoms with E-state index in [4.69, 9.17) is 42.6 Å². The van der Waals surface area contributed by atoms with Crippen molar-refractivity contribution in [3.63, 3.8) is 0 Å². The van der Waals surface area contributed by atoms with Crippen LogP contribution in [0.5, 0.6) is 0 Å². The van der Waals surface area contributed by atoms with Gasteiger partial charge in [0, 0.05) is 34.9 Å². The van der Waals surface area contributed by atoms with Gasteiger partial charge in [-0.25, -0.2) is 0 Å². The molecule has 0 radical (unpaired) electrons. The zero-order valence-electron chi connectivity index (χ0n) is 19.3. The lowest BCUT2D eigenvalue weighted by atomic mass is 9.91. The number of aliphatic hydroxyl groups is 1. The Bertz CT molecular complexity index is 599. The molecule has 1 fully saturated rings. The highest BCUT2D eigenvalue weighted by Gasteiger charge is 2.48. The zero-order valence-corrected chi connectivity index (χ0v) is 19.3. The van der Waals surface area contributed by atoms with Crippen LogP contribution in [0.25, 0.3) is 0 Å². The molecule has 0 saturated carbocycles. The fourth-order valence-corrected chi connectivity index (χ4v) is 3.58. The number of rotatable bonds is 16. The van der Waals surface area contributed by atoms with Gasteiger partial charge >= 0.3 is 0 Å². The van der Waals surface area contributed by atoms with Crippen molar-refractivity contribution in [3.8, 4) is 0 Å². The number of hydrogen-bond acceptors (Lipinski definition) is 10. The van der Waals surface area contributed by atoms with Crippen LogP contribution in [0.3, 0.4) is 0 Å². The number of hydrogen-bond donors (Lipinski definition) is 1. The van der Waals surface area contributed by atoms with Gasteiger partial charge in [0.25, 0.3) is 0 Å². The van der Waals surface area contributed by atoms with Crippen LogP contribution in [-0.4, -0.2) is 97.8 Å². The second-order valence-electron chi connectivity index (χ2n) is 7.28. The maximum atomic E-state index is 9.31. The molecule has 1 N–H and O–H groups in total. The number of methoxy groups -OCH3 is 4. The van der Waals surface area contributed by atoms with E-state index >= 15 is 0 Å². The highest BCUT2D eigenvalue weighted by atomic mass is 16.7. The van der Waals surface area contributed by atoms with Crippen molar-refractivity contribution >= 4 is 0 Å². The first-order valence-electron chi connectivity index (χ1n) is 10.4. The van der Waals surface area contributed by atoms with Gasteiger partial charge in [0.15, 0.2) is 0 Å². The quantitative estimate of drug-likeness (QED) is 0.285. The number of ether oxygens (including phenoxy) is 9. The average molecular weight is 461 g/mol. The average Bonchev–Trinajstić information content (AvgIpc) is 2.82. The second-order valence-corrected chi connectivity index (χ2v) is 7.28. The van der Waals surface area contributed by atoms with Gasteiger partial charge in [0.1, 0.15) is 51.6 Å². The summed E-state index contributed by atoms with van der Waals surface area (Å²) in [5.41, 5.74) is 1.86. The summed E-state index contributed by atoms with van der Waals surface area (Å²) in [7, 11) is 6.20. The molecule has 184 valence electrons. The van der Waals surface area contributed by atoms with Crippen molar-refractivity contribution in [2.45, 2.75) is 43.5 Å². The van der Waals surface area contributed by atoms with Gasteiger partial charge in [0.2, 0.25) is 0 Å². The van der Waals surface area contributed by atoms with Crippen molar-refractivity contribution in [3.05, 3.63) is 35.4 Å². The fraction of sp³-hybridized carbons (Fsp3) is 0.727. The lowest BCUT2D eigenvalue weighted by Crippen LogP contribution is -2.62. The van der Waals surface area contributed by atoms with Gasteiger partial charge < -0.3 is 47.7 Å². The van der Waals surface area contributed by atoms with E-state index in [9.17, 15) is 5.11 Å². The molecule has 10 heteroatoms. The fourth-order valence-electron chi connectivity index (χ4n) is 3.58. The van der Waals surface area contributed by atoms with Gasteiger partial charge in [-0.05, 0) is 11.1 Å². The number of benzene rings is 1. The molecule has 1 aliphatic rings. The van der Waals surface area contributed by atoms with E-state index < -0.39 is 24.4 Å². The van der Waals surface area contributed by atoms with Crippen molar-refractivity contribution in [1.29, 1.82) is 0 Å². The molecular weight excluding hydrogens is 424 g/mol. The lowest BCUT2D eigenvalue weighted by Gasteiger charge is -2.46. The first-order valence-corrected chi connectivity index (χ1v) is 10.4. The van der Waals surface area contributed by atoms with Crippen LogP contribution in [0.2, 0.25) is 0 Å². The molecule has 0 amide bonds. The van der Waals surface area contributed by atoms with Crippen LogP contribution in [0.15, 0.2) is 24.3 Å². The topological polar surface area (TPSA) is 103 Å². The summed E-state index contributed by atoms with van der Waals surface area (Å²) in [5.74, 6) is 0. The molecule has 0 bridgehead atoms. The second kappa shape index (κ2) is 15.6. The predicted molar refractivity (Wildman–Crippen MR) is 113 cm³/mol. The Hall–Kier alpha value is -1.18. The maximum Gasteiger partial charge on any atom is 0.146 e. The van der Waals surface area contributed by atoms with Gasteiger partial charge in [-0.3, -0.25) is 0 Å². The molecule has 0 spiro atoms. The summed E-state index contributed by atoms with van der Waals surface area (Å²) in [4.78, 5) is 0. The van der Waals surface area contributed by atoms with Crippen LogP contribution in [0.1, 0.15) is 11.1 Å². The van der Waals surface area contributed by atoms with E-state index in [1.807, 2.05) is 24.3 Å². The molecule has 0 aromatic heterocycles. The van der Waals surface area contributed by atoms with E-state index in [-0.39, 0.29) is 46.5 Å². The minimum Gasteiger partial charge on any atom is -0.392 e. The normalized spacial score (nSPS) is 25.8. The Morgan fingerprint density at radius 1 is 0.688 bits per heavy atom. The SMILES string of the molecule is COCOCC1O[C@@H](Cc2ccc(CO)cc2)C(OCOC)[C@H](OCOC)[C@@H]1OCOC. The Labute approximate surface area is 189 Å². The van der Waals surface area contributed by atoms with Crippen LogP contribution in [0.4, 0.5) is 0 Å². The first kappa shape index (κ1) is 27.1. The highest BCUT2D eigenvalue weighted by Crippen LogP contribution is 2.30. The number of aliphatic hydroxyl groups excluding tert-OH is 1. The molecule has 1 aromatic carbocycles. The van der Waals surface area contributed by atoms with Crippen molar-refractivity contribution in [2.75, 3.05) is 62.2 Å². The lowest BCUT2D eigenvalue weighted by molar-refractivity contribution is -0.297. The van der Waals surface area contributed by atoms with Crippen molar-refractivity contribution in [1.82, 2.24) is 0 Å². The smallest absolute Gasteiger partial charge is 0.146 e. The summed E-state index contributed by atoms with van der Waals surface area (Å²) < 4.78 is 50.4. The monoisotopic (exact) mass is 460 g/mol. The summed E-state index contributed by atoms with van der Waals surface area (Å²) in [5, 5.41) is 9.31.